The molecule has 5 aromatic heterocycles. The molecule has 0 bridgehead atoms. The highest BCUT2D eigenvalue weighted by molar-refractivity contribution is 7.18. The molecule has 118 valence electrons. The smallest absolute Gasteiger partial charge is 0.202 e. The minimum absolute atomic E-state index is 0.557. The highest BCUT2D eigenvalue weighted by Gasteiger charge is 2.17. The molecule has 0 aliphatic heterocycles. The van der Waals surface area contributed by atoms with Crippen LogP contribution in [0.25, 0.3) is 38.8 Å². The van der Waals surface area contributed by atoms with Crippen LogP contribution in [0.15, 0.2) is 35.2 Å². The maximum atomic E-state index is 5.38. The van der Waals surface area contributed by atoms with Gasteiger partial charge in [-0.2, -0.15) is 5.10 Å². The number of hydrogen-bond acceptors (Lipinski definition) is 6. The van der Waals surface area contributed by atoms with Crippen molar-refractivity contribution in [3.63, 3.8) is 0 Å². The Morgan fingerprint density at radius 1 is 1.29 bits per heavy atom. The van der Waals surface area contributed by atoms with Crippen molar-refractivity contribution in [3.05, 3.63) is 41.2 Å². The van der Waals surface area contributed by atoms with Gasteiger partial charge in [0.15, 0.2) is 11.4 Å². The van der Waals surface area contributed by atoms with E-state index in [2.05, 4.69) is 39.1 Å². The number of H-pyrrole nitrogens is 1. The molecule has 0 spiro atoms. The van der Waals surface area contributed by atoms with E-state index >= 15 is 0 Å². The molecule has 0 fully saturated rings. The monoisotopic (exact) mass is 336 g/mol. The van der Waals surface area contributed by atoms with Crippen LogP contribution < -0.4 is 0 Å². The summed E-state index contributed by atoms with van der Waals surface area (Å²) in [4.78, 5) is 11.4. The molecule has 1 N–H and O–H groups in total. The van der Waals surface area contributed by atoms with Crippen molar-refractivity contribution in [3.8, 4) is 23.0 Å². The van der Waals surface area contributed by atoms with E-state index in [1.165, 1.54) is 10.4 Å². The highest BCUT2D eigenvalue weighted by atomic mass is 32.1. The molecule has 0 saturated carbocycles. The maximum Gasteiger partial charge on any atom is 0.202 e. The van der Waals surface area contributed by atoms with Crippen LogP contribution in [0.5, 0.6) is 0 Å². The first-order valence-corrected chi connectivity index (χ1v) is 8.23. The molecule has 7 nitrogen and oxygen atoms in total. The Morgan fingerprint density at radius 2 is 2.21 bits per heavy atom. The van der Waals surface area contributed by atoms with Crippen molar-refractivity contribution >= 4 is 27.2 Å². The lowest BCUT2D eigenvalue weighted by Crippen LogP contribution is -1.90. The number of hydrogen-bond donors (Lipinski definition) is 1. The van der Waals surface area contributed by atoms with E-state index in [9.17, 15) is 0 Å². The SMILES string of the molecule is Cc1sc2ncn3nc(-c4cc(-c5ccco5)[nH]n4)nc3c2c1C. The lowest BCUT2D eigenvalue weighted by molar-refractivity contribution is 0.580. The summed E-state index contributed by atoms with van der Waals surface area (Å²) in [6, 6.07) is 5.59. The fourth-order valence-corrected chi connectivity index (χ4v) is 3.74. The summed E-state index contributed by atoms with van der Waals surface area (Å²) in [6.07, 6.45) is 3.33. The topological polar surface area (TPSA) is 84.9 Å². The average Bonchev–Trinajstić information content (AvgIpc) is 3.33. The second-order valence-corrected chi connectivity index (χ2v) is 6.76. The molecule has 0 aliphatic rings. The highest BCUT2D eigenvalue weighted by Crippen LogP contribution is 2.31. The Balaban J connectivity index is 1.69. The zero-order chi connectivity index (χ0) is 16.3. The third-order valence-electron chi connectivity index (χ3n) is 4.10. The zero-order valence-electron chi connectivity index (χ0n) is 12.9. The van der Waals surface area contributed by atoms with E-state index in [4.69, 9.17) is 4.42 Å². The van der Waals surface area contributed by atoms with Gasteiger partial charge in [0.05, 0.1) is 11.6 Å². The second kappa shape index (κ2) is 4.75. The zero-order valence-corrected chi connectivity index (χ0v) is 13.8. The molecule has 0 aromatic carbocycles. The Hall–Kier alpha value is -3.00. The van der Waals surface area contributed by atoms with Crippen LogP contribution in [0.4, 0.5) is 0 Å². The predicted molar refractivity (Wildman–Crippen MR) is 90.9 cm³/mol. The summed E-state index contributed by atoms with van der Waals surface area (Å²) in [5, 5.41) is 12.8. The Labute approximate surface area is 140 Å². The third-order valence-corrected chi connectivity index (χ3v) is 5.21. The number of aromatic nitrogens is 6. The van der Waals surface area contributed by atoms with Crippen LogP contribution >= 0.6 is 11.3 Å². The van der Waals surface area contributed by atoms with Crippen LogP contribution in [0.1, 0.15) is 10.4 Å². The number of rotatable bonds is 2. The number of furan rings is 1. The molecule has 24 heavy (non-hydrogen) atoms. The molecule has 0 radical (unpaired) electrons. The Kier molecular flexibility index (Phi) is 2.66. The molecule has 0 amide bonds. The molecule has 0 saturated heterocycles. The lowest BCUT2D eigenvalue weighted by atomic mass is 10.2. The van der Waals surface area contributed by atoms with Gasteiger partial charge < -0.3 is 4.42 Å². The fourth-order valence-electron chi connectivity index (χ4n) is 2.75. The molecular weight excluding hydrogens is 324 g/mol. The van der Waals surface area contributed by atoms with E-state index in [-0.39, 0.29) is 0 Å². The van der Waals surface area contributed by atoms with Gasteiger partial charge in [-0.05, 0) is 37.6 Å². The first-order valence-electron chi connectivity index (χ1n) is 7.41. The standard InChI is InChI=1S/C16H12N6OS/c1-8-9(2)24-16-13(8)15-18-14(21-22(15)7-17-16)11-6-10(19-20-11)12-4-3-5-23-12/h3-7H,1-2H3,(H,19,20). The summed E-state index contributed by atoms with van der Waals surface area (Å²) in [5.74, 6) is 1.28. The van der Waals surface area contributed by atoms with Crippen molar-refractivity contribution < 1.29 is 4.42 Å². The average molecular weight is 336 g/mol. The molecular formula is C16H12N6OS. The molecule has 0 unspecified atom stereocenters. The van der Waals surface area contributed by atoms with Crippen molar-refractivity contribution in [1.82, 2.24) is 29.8 Å². The fraction of sp³-hybridized carbons (Fsp3) is 0.125. The summed E-state index contributed by atoms with van der Waals surface area (Å²) < 4.78 is 7.08. The van der Waals surface area contributed by atoms with E-state index in [1.54, 1.807) is 28.4 Å². The first-order chi connectivity index (χ1) is 11.7. The Morgan fingerprint density at radius 3 is 3.04 bits per heavy atom. The molecule has 0 atom stereocenters. The van der Waals surface area contributed by atoms with Crippen LogP contribution in [-0.2, 0) is 0 Å². The maximum absolute atomic E-state index is 5.38. The number of nitrogens with one attached hydrogen (secondary N) is 1. The molecule has 8 heteroatoms. The molecule has 0 aliphatic carbocycles. The number of nitrogens with zero attached hydrogens (tertiary/aromatic N) is 5. The van der Waals surface area contributed by atoms with Crippen molar-refractivity contribution in [2.75, 3.05) is 0 Å². The lowest BCUT2D eigenvalue weighted by Gasteiger charge is -1.93. The molecule has 5 rings (SSSR count). The van der Waals surface area contributed by atoms with E-state index in [0.717, 1.165) is 27.3 Å². The Bertz CT molecular complexity index is 1180. The molecule has 5 aromatic rings. The number of aryl methyl sites for hydroxylation is 2. The van der Waals surface area contributed by atoms with Gasteiger partial charge in [-0.25, -0.2) is 14.5 Å². The van der Waals surface area contributed by atoms with Crippen LogP contribution in [-0.4, -0.2) is 29.8 Å². The summed E-state index contributed by atoms with van der Waals surface area (Å²) in [6.45, 7) is 4.19. The van der Waals surface area contributed by atoms with Gasteiger partial charge in [0.25, 0.3) is 0 Å². The second-order valence-electron chi connectivity index (χ2n) is 5.56. The van der Waals surface area contributed by atoms with Crippen molar-refractivity contribution in [2.45, 2.75) is 13.8 Å². The van der Waals surface area contributed by atoms with Gasteiger partial charge in [0.2, 0.25) is 5.82 Å². The van der Waals surface area contributed by atoms with Crippen molar-refractivity contribution in [1.29, 1.82) is 0 Å². The normalized spacial score (nSPS) is 11.8. The van der Waals surface area contributed by atoms with Gasteiger partial charge in [-0.15, -0.1) is 16.4 Å². The van der Waals surface area contributed by atoms with Gasteiger partial charge >= 0.3 is 0 Å². The largest absolute Gasteiger partial charge is 0.463 e. The summed E-state index contributed by atoms with van der Waals surface area (Å²) in [5.41, 5.74) is 3.47. The van der Waals surface area contributed by atoms with E-state index in [1.807, 2.05) is 18.2 Å². The summed E-state index contributed by atoms with van der Waals surface area (Å²) in [7, 11) is 0. The van der Waals surface area contributed by atoms with E-state index < -0.39 is 0 Å². The predicted octanol–water partition coefficient (Wildman–Crippen LogP) is 3.61. The summed E-state index contributed by atoms with van der Waals surface area (Å²) >= 11 is 1.67. The number of thiophene rings is 1. The minimum atomic E-state index is 0.557. The number of aromatic amines is 1. The van der Waals surface area contributed by atoms with Gasteiger partial charge in [0, 0.05) is 4.88 Å². The third kappa shape index (κ3) is 1.83. The van der Waals surface area contributed by atoms with E-state index in [0.29, 0.717) is 11.5 Å². The van der Waals surface area contributed by atoms with Gasteiger partial charge in [-0.1, -0.05) is 0 Å². The van der Waals surface area contributed by atoms with Crippen LogP contribution in [0, 0.1) is 13.8 Å². The van der Waals surface area contributed by atoms with Crippen LogP contribution in [0.2, 0.25) is 0 Å². The van der Waals surface area contributed by atoms with Crippen LogP contribution in [0.3, 0.4) is 0 Å². The van der Waals surface area contributed by atoms with Gasteiger partial charge in [-0.3, -0.25) is 5.10 Å². The van der Waals surface area contributed by atoms with Gasteiger partial charge in [0.1, 0.15) is 22.5 Å². The number of fused-ring (bicyclic) bond motifs is 3. The quantitative estimate of drug-likeness (QED) is 0.532. The minimum Gasteiger partial charge on any atom is -0.463 e. The van der Waals surface area contributed by atoms with Crippen molar-refractivity contribution in [2.24, 2.45) is 0 Å². The molecule has 5 heterocycles. The first kappa shape index (κ1) is 13.4.